The lowest BCUT2D eigenvalue weighted by molar-refractivity contribution is -0.127. The Labute approximate surface area is 217 Å². The molecule has 2 fully saturated rings. The Balaban J connectivity index is 1.51. The molecule has 0 aromatic heterocycles. The Morgan fingerprint density at radius 2 is 1.79 bits per heavy atom. The number of rotatable bonds is 5. The Hall–Kier alpha value is -1.41. The zero-order valence-electron chi connectivity index (χ0n) is 18.2. The minimum absolute atomic E-state index is 0.0130. The van der Waals surface area contributed by atoms with Crippen LogP contribution in [0.2, 0.25) is 0 Å². The van der Waals surface area contributed by atoms with E-state index < -0.39 is 30.2 Å². The molecule has 1 aromatic carbocycles. The number of hydrogen-bond acceptors (Lipinski definition) is 8. The van der Waals surface area contributed by atoms with Crippen LogP contribution < -0.4 is 10.1 Å². The third-order valence-electron chi connectivity index (χ3n) is 5.92. The van der Waals surface area contributed by atoms with Crippen LogP contribution in [0.3, 0.4) is 0 Å². The molecule has 3 amide bonds. The number of ether oxygens (including phenoxy) is 1. The minimum Gasteiger partial charge on any atom is -0.488 e. The SMILES string of the molecule is CN1CCN(C2=NC3C(C(=O)NC(=O)N3C)N2CC(O)COc2c(Br)cc(Br)cc2Br)CC1. The van der Waals surface area contributed by atoms with Crippen molar-refractivity contribution in [2.75, 3.05) is 53.4 Å². The topological polar surface area (TPSA) is 101 Å². The summed E-state index contributed by atoms with van der Waals surface area (Å²) in [5.74, 6) is 0.785. The van der Waals surface area contributed by atoms with Crippen LogP contribution in [0.5, 0.6) is 5.75 Å². The molecular formula is C20H25Br3N6O4. The molecule has 2 N–H and O–H groups in total. The summed E-state index contributed by atoms with van der Waals surface area (Å²) in [6, 6.07) is 2.53. The number of nitrogens with one attached hydrogen (secondary N) is 1. The normalized spacial score (nSPS) is 24.5. The maximum absolute atomic E-state index is 12.8. The van der Waals surface area contributed by atoms with Gasteiger partial charge in [0, 0.05) is 37.7 Å². The highest BCUT2D eigenvalue weighted by Crippen LogP contribution is 2.36. The number of amides is 3. The first-order valence-electron chi connectivity index (χ1n) is 10.5. The summed E-state index contributed by atoms with van der Waals surface area (Å²) in [6.07, 6.45) is -1.54. The molecule has 3 unspecified atom stereocenters. The van der Waals surface area contributed by atoms with Crippen LogP contribution in [0, 0.1) is 0 Å². The van der Waals surface area contributed by atoms with Gasteiger partial charge in [-0.2, -0.15) is 0 Å². The first kappa shape index (κ1) is 24.7. The van der Waals surface area contributed by atoms with Gasteiger partial charge < -0.3 is 29.4 Å². The van der Waals surface area contributed by atoms with Crippen molar-refractivity contribution >= 4 is 65.7 Å². The highest BCUT2D eigenvalue weighted by atomic mass is 79.9. The highest BCUT2D eigenvalue weighted by Gasteiger charge is 2.50. The van der Waals surface area contributed by atoms with Gasteiger partial charge in [-0.25, -0.2) is 9.79 Å². The maximum atomic E-state index is 12.8. The number of aliphatic imine (C=N–C) groups is 1. The number of aliphatic hydroxyl groups is 1. The van der Waals surface area contributed by atoms with Gasteiger partial charge in [0.05, 0.1) is 15.5 Å². The van der Waals surface area contributed by atoms with E-state index in [0.29, 0.717) is 11.7 Å². The monoisotopic (exact) mass is 650 g/mol. The molecule has 3 heterocycles. The smallest absolute Gasteiger partial charge is 0.325 e. The van der Waals surface area contributed by atoms with Gasteiger partial charge in [0.2, 0.25) is 0 Å². The molecule has 33 heavy (non-hydrogen) atoms. The summed E-state index contributed by atoms with van der Waals surface area (Å²) >= 11 is 10.4. The molecule has 3 atom stereocenters. The van der Waals surface area contributed by atoms with Crippen molar-refractivity contribution in [3.63, 3.8) is 0 Å². The van der Waals surface area contributed by atoms with E-state index in [9.17, 15) is 14.7 Å². The number of urea groups is 1. The molecule has 180 valence electrons. The summed E-state index contributed by atoms with van der Waals surface area (Å²) in [4.78, 5) is 37.2. The van der Waals surface area contributed by atoms with Crippen LogP contribution >= 0.6 is 47.8 Å². The maximum Gasteiger partial charge on any atom is 0.325 e. The standard InChI is InChI=1S/C20H25Br3N6O4/c1-26-3-5-28(6-4-26)19-24-17-15(18(31)25-20(32)27(17)2)29(19)9-12(30)10-33-16-13(22)7-11(21)8-14(16)23/h7-8,12,15,17,30H,3-6,9-10H2,1-2H3,(H,25,31,32). The first-order valence-corrected chi connectivity index (χ1v) is 12.8. The van der Waals surface area contributed by atoms with E-state index in [4.69, 9.17) is 9.73 Å². The summed E-state index contributed by atoms with van der Waals surface area (Å²) < 4.78 is 8.23. The van der Waals surface area contributed by atoms with Gasteiger partial charge in [0.1, 0.15) is 18.5 Å². The molecule has 0 bridgehead atoms. The summed E-state index contributed by atoms with van der Waals surface area (Å²) in [5, 5.41) is 13.2. The van der Waals surface area contributed by atoms with E-state index in [2.05, 4.69) is 70.0 Å². The Kier molecular flexibility index (Phi) is 7.53. The molecule has 13 heteroatoms. The van der Waals surface area contributed by atoms with E-state index in [1.165, 1.54) is 4.90 Å². The number of benzene rings is 1. The van der Waals surface area contributed by atoms with Gasteiger partial charge in [-0.15, -0.1) is 0 Å². The van der Waals surface area contributed by atoms with E-state index in [1.807, 2.05) is 12.1 Å². The van der Waals surface area contributed by atoms with Crippen molar-refractivity contribution in [2.24, 2.45) is 4.99 Å². The lowest BCUT2D eigenvalue weighted by Gasteiger charge is -2.40. The Morgan fingerprint density at radius 3 is 2.42 bits per heavy atom. The number of imide groups is 1. The first-order chi connectivity index (χ1) is 15.7. The second-order valence-electron chi connectivity index (χ2n) is 8.30. The zero-order chi connectivity index (χ0) is 23.9. The average molecular weight is 653 g/mol. The summed E-state index contributed by atoms with van der Waals surface area (Å²) in [7, 11) is 3.68. The van der Waals surface area contributed by atoms with Gasteiger partial charge in [0.25, 0.3) is 5.91 Å². The zero-order valence-corrected chi connectivity index (χ0v) is 22.9. The van der Waals surface area contributed by atoms with Gasteiger partial charge in [0.15, 0.2) is 18.2 Å². The predicted molar refractivity (Wildman–Crippen MR) is 133 cm³/mol. The number of carbonyl (C=O) groups excluding carboxylic acids is 2. The molecule has 0 saturated carbocycles. The number of β-amino-alcohol motifs (C(OH)–C–C–N with tert-alkyl or cyclic N) is 1. The molecular weight excluding hydrogens is 628 g/mol. The molecule has 2 saturated heterocycles. The molecule has 0 aliphatic carbocycles. The second kappa shape index (κ2) is 10.1. The second-order valence-corrected chi connectivity index (χ2v) is 10.9. The van der Waals surface area contributed by atoms with Crippen molar-refractivity contribution in [1.82, 2.24) is 24.9 Å². The van der Waals surface area contributed by atoms with Crippen molar-refractivity contribution in [2.45, 2.75) is 18.3 Å². The van der Waals surface area contributed by atoms with Crippen LogP contribution in [0.4, 0.5) is 4.79 Å². The Morgan fingerprint density at radius 1 is 1.15 bits per heavy atom. The fraction of sp³-hybridized carbons (Fsp3) is 0.550. The molecule has 4 rings (SSSR count). The van der Waals surface area contributed by atoms with E-state index in [0.717, 1.165) is 39.6 Å². The van der Waals surface area contributed by atoms with Crippen LogP contribution in [0.1, 0.15) is 0 Å². The number of carbonyl (C=O) groups is 2. The molecule has 3 aliphatic heterocycles. The number of aliphatic hydroxyl groups excluding tert-OH is 1. The fourth-order valence-electron chi connectivity index (χ4n) is 4.10. The number of likely N-dealkylation sites (N-methyl/N-ethyl adjacent to an activating group) is 2. The van der Waals surface area contributed by atoms with Crippen LogP contribution in [-0.4, -0.2) is 114 Å². The van der Waals surface area contributed by atoms with Crippen molar-refractivity contribution in [3.8, 4) is 5.75 Å². The molecule has 0 spiro atoms. The minimum atomic E-state index is -0.903. The highest BCUT2D eigenvalue weighted by molar-refractivity contribution is 9.11. The van der Waals surface area contributed by atoms with Gasteiger partial charge >= 0.3 is 6.03 Å². The lowest BCUT2D eigenvalue weighted by atomic mass is 10.1. The van der Waals surface area contributed by atoms with Crippen molar-refractivity contribution in [3.05, 3.63) is 25.6 Å². The quantitative estimate of drug-likeness (QED) is 0.498. The third-order valence-corrected chi connectivity index (χ3v) is 7.55. The third kappa shape index (κ3) is 5.16. The molecule has 0 radical (unpaired) electrons. The number of guanidine groups is 1. The van der Waals surface area contributed by atoms with E-state index in [-0.39, 0.29) is 13.2 Å². The Bertz CT molecular complexity index is 948. The summed E-state index contributed by atoms with van der Waals surface area (Å²) in [5.41, 5.74) is 0. The van der Waals surface area contributed by atoms with Crippen LogP contribution in [0.25, 0.3) is 0 Å². The van der Waals surface area contributed by atoms with Crippen LogP contribution in [-0.2, 0) is 4.79 Å². The number of halogens is 3. The average Bonchev–Trinajstić information content (AvgIpc) is 3.11. The van der Waals surface area contributed by atoms with Gasteiger partial charge in [-0.3, -0.25) is 10.1 Å². The fourth-order valence-corrected chi connectivity index (χ4v) is 6.59. The number of nitrogens with zero attached hydrogens (tertiary/aromatic N) is 5. The lowest BCUT2D eigenvalue weighted by Crippen LogP contribution is -2.65. The largest absolute Gasteiger partial charge is 0.488 e. The van der Waals surface area contributed by atoms with Gasteiger partial charge in [-0.05, 0) is 51.0 Å². The predicted octanol–water partition coefficient (Wildman–Crippen LogP) is 1.51. The van der Waals surface area contributed by atoms with E-state index in [1.54, 1.807) is 11.9 Å². The summed E-state index contributed by atoms with van der Waals surface area (Å²) in [6.45, 7) is 3.36. The van der Waals surface area contributed by atoms with Gasteiger partial charge in [-0.1, -0.05) is 15.9 Å². The van der Waals surface area contributed by atoms with Crippen molar-refractivity contribution in [1.29, 1.82) is 0 Å². The van der Waals surface area contributed by atoms with E-state index >= 15 is 0 Å². The number of piperazine rings is 1. The number of fused-ring (bicyclic) bond motifs is 1. The number of hydrogen-bond donors (Lipinski definition) is 2. The van der Waals surface area contributed by atoms with Crippen LogP contribution in [0.15, 0.2) is 30.5 Å². The molecule has 1 aromatic rings. The molecule has 10 nitrogen and oxygen atoms in total. The molecule has 3 aliphatic rings. The van der Waals surface area contributed by atoms with Crippen molar-refractivity contribution < 1.29 is 19.4 Å².